The monoisotopic (exact) mass is 263 g/mol. The second kappa shape index (κ2) is 5.97. The number of hydrogen-bond acceptors (Lipinski definition) is 5. The maximum atomic E-state index is 5.62. The van der Waals surface area contributed by atoms with Crippen molar-refractivity contribution in [2.45, 2.75) is 37.8 Å². The number of aromatic nitrogens is 4. The maximum absolute atomic E-state index is 5.62. The zero-order chi connectivity index (χ0) is 13.0. The summed E-state index contributed by atoms with van der Waals surface area (Å²) in [6.07, 6.45) is 0. The van der Waals surface area contributed by atoms with Crippen molar-refractivity contribution in [2.24, 2.45) is 5.73 Å². The molecule has 0 saturated carbocycles. The second-order valence-corrected chi connectivity index (χ2v) is 4.85. The molecular weight excluding hydrogens is 246 g/mol. The third-order valence-electron chi connectivity index (χ3n) is 2.59. The summed E-state index contributed by atoms with van der Waals surface area (Å²) in [7, 11) is 0. The van der Waals surface area contributed by atoms with Gasteiger partial charge < -0.3 is 10.3 Å². The number of rotatable bonds is 5. The van der Waals surface area contributed by atoms with Crippen LogP contribution in [0, 0.1) is 6.92 Å². The largest absolute Gasteiger partial charge is 0.324 e. The molecule has 0 aliphatic carbocycles. The van der Waals surface area contributed by atoms with Crippen LogP contribution in [0.25, 0.3) is 0 Å². The number of nitrogens with two attached hydrogens (primary N) is 1. The molecule has 2 aromatic heterocycles. The third kappa shape index (κ3) is 2.88. The lowest BCUT2D eigenvalue weighted by Gasteiger charge is -2.05. The van der Waals surface area contributed by atoms with Gasteiger partial charge in [-0.25, -0.2) is 0 Å². The first-order chi connectivity index (χ1) is 8.74. The Morgan fingerprint density at radius 1 is 1.33 bits per heavy atom. The predicted octanol–water partition coefficient (Wildman–Crippen LogP) is 1.75. The number of pyridine rings is 1. The van der Waals surface area contributed by atoms with Crippen LogP contribution in [0.1, 0.15) is 24.1 Å². The normalized spacial score (nSPS) is 10.8. The first-order valence-electron chi connectivity index (χ1n) is 5.92. The molecule has 96 valence electrons. The molecule has 2 aromatic rings. The summed E-state index contributed by atoms with van der Waals surface area (Å²) in [5, 5.41) is 9.15. The van der Waals surface area contributed by atoms with Crippen LogP contribution in [-0.4, -0.2) is 19.7 Å². The molecule has 0 aliphatic heterocycles. The van der Waals surface area contributed by atoms with Gasteiger partial charge in [0, 0.05) is 18.0 Å². The summed E-state index contributed by atoms with van der Waals surface area (Å²) in [4.78, 5) is 4.47. The Labute approximate surface area is 111 Å². The summed E-state index contributed by atoms with van der Waals surface area (Å²) in [5.41, 5.74) is 7.71. The predicted molar refractivity (Wildman–Crippen MR) is 72.1 cm³/mol. The van der Waals surface area contributed by atoms with Gasteiger partial charge in [-0.2, -0.15) is 0 Å². The van der Waals surface area contributed by atoms with E-state index in [1.807, 2.05) is 29.7 Å². The number of nitrogens with zero attached hydrogens (tertiary/aromatic N) is 4. The molecule has 0 aromatic carbocycles. The van der Waals surface area contributed by atoms with E-state index >= 15 is 0 Å². The summed E-state index contributed by atoms with van der Waals surface area (Å²) in [6, 6.07) is 6.04. The molecule has 6 heteroatoms. The maximum Gasteiger partial charge on any atom is 0.191 e. The Bertz CT molecular complexity index is 523. The van der Waals surface area contributed by atoms with E-state index in [1.165, 1.54) is 0 Å². The van der Waals surface area contributed by atoms with Crippen LogP contribution in [0.3, 0.4) is 0 Å². The van der Waals surface area contributed by atoms with Crippen LogP contribution in [0.4, 0.5) is 0 Å². The fourth-order valence-corrected chi connectivity index (χ4v) is 2.64. The van der Waals surface area contributed by atoms with Crippen molar-refractivity contribution in [1.29, 1.82) is 0 Å². The average Bonchev–Trinajstić information content (AvgIpc) is 2.78. The van der Waals surface area contributed by atoms with E-state index < -0.39 is 0 Å². The number of thioether (sulfide) groups is 1. The molecule has 2 N–H and O–H groups in total. The first-order valence-corrected chi connectivity index (χ1v) is 6.90. The summed E-state index contributed by atoms with van der Waals surface area (Å²) in [6.45, 7) is 5.32. The van der Waals surface area contributed by atoms with Gasteiger partial charge in [0.25, 0.3) is 0 Å². The van der Waals surface area contributed by atoms with Gasteiger partial charge in [0.2, 0.25) is 0 Å². The molecule has 0 radical (unpaired) electrons. The lowest BCUT2D eigenvalue weighted by Crippen LogP contribution is -2.08. The van der Waals surface area contributed by atoms with Crippen molar-refractivity contribution >= 4 is 11.8 Å². The highest BCUT2D eigenvalue weighted by Gasteiger charge is 2.10. The number of aryl methyl sites for hydroxylation is 1. The molecule has 0 atom stereocenters. The van der Waals surface area contributed by atoms with Crippen molar-refractivity contribution in [3.8, 4) is 0 Å². The Balaban J connectivity index is 2.08. The van der Waals surface area contributed by atoms with E-state index in [1.54, 1.807) is 11.8 Å². The molecular formula is C12H17N5S. The van der Waals surface area contributed by atoms with E-state index in [-0.39, 0.29) is 0 Å². The van der Waals surface area contributed by atoms with Crippen LogP contribution in [0.5, 0.6) is 0 Å². The molecule has 0 spiro atoms. The van der Waals surface area contributed by atoms with Gasteiger partial charge in [-0.15, -0.1) is 10.2 Å². The third-order valence-corrected chi connectivity index (χ3v) is 3.59. The first kappa shape index (κ1) is 13.0. The van der Waals surface area contributed by atoms with Gasteiger partial charge in [-0.05, 0) is 26.0 Å². The van der Waals surface area contributed by atoms with Gasteiger partial charge in [0.05, 0.1) is 12.2 Å². The van der Waals surface area contributed by atoms with Crippen molar-refractivity contribution in [2.75, 3.05) is 0 Å². The SMILES string of the molecule is CCn1c(CN)nnc1SCc1cccc(C)n1. The summed E-state index contributed by atoms with van der Waals surface area (Å²) >= 11 is 1.64. The highest BCUT2D eigenvalue weighted by atomic mass is 32.2. The minimum atomic E-state index is 0.421. The van der Waals surface area contributed by atoms with Gasteiger partial charge in [0.15, 0.2) is 5.16 Å². The van der Waals surface area contributed by atoms with Gasteiger partial charge in [0.1, 0.15) is 5.82 Å². The Kier molecular flexibility index (Phi) is 4.33. The Hall–Kier alpha value is -1.40. The lowest BCUT2D eigenvalue weighted by atomic mass is 10.3. The average molecular weight is 263 g/mol. The summed E-state index contributed by atoms with van der Waals surface area (Å²) in [5.74, 6) is 1.63. The van der Waals surface area contributed by atoms with E-state index in [0.717, 1.165) is 34.7 Å². The molecule has 0 amide bonds. The van der Waals surface area contributed by atoms with Crippen LogP contribution >= 0.6 is 11.8 Å². The topological polar surface area (TPSA) is 69.6 Å². The highest BCUT2D eigenvalue weighted by Crippen LogP contribution is 2.21. The fourth-order valence-electron chi connectivity index (χ4n) is 1.71. The molecule has 0 fully saturated rings. The molecule has 0 saturated heterocycles. The number of hydrogen-bond donors (Lipinski definition) is 1. The van der Waals surface area contributed by atoms with E-state index in [0.29, 0.717) is 6.54 Å². The van der Waals surface area contributed by atoms with Gasteiger partial charge in [-0.1, -0.05) is 17.8 Å². The minimum Gasteiger partial charge on any atom is -0.324 e. The quantitative estimate of drug-likeness (QED) is 0.832. The smallest absolute Gasteiger partial charge is 0.191 e. The van der Waals surface area contributed by atoms with Gasteiger partial charge in [-0.3, -0.25) is 4.98 Å². The van der Waals surface area contributed by atoms with Crippen molar-refractivity contribution in [3.05, 3.63) is 35.4 Å². The van der Waals surface area contributed by atoms with Gasteiger partial charge >= 0.3 is 0 Å². The second-order valence-electron chi connectivity index (χ2n) is 3.91. The van der Waals surface area contributed by atoms with E-state index in [2.05, 4.69) is 22.1 Å². The zero-order valence-electron chi connectivity index (χ0n) is 10.6. The molecule has 0 unspecified atom stereocenters. The molecule has 0 bridgehead atoms. The standard InChI is InChI=1S/C12H17N5S/c1-3-17-11(7-13)15-16-12(17)18-8-10-6-4-5-9(2)14-10/h4-6H,3,7-8,13H2,1-2H3. The highest BCUT2D eigenvalue weighted by molar-refractivity contribution is 7.98. The molecule has 18 heavy (non-hydrogen) atoms. The van der Waals surface area contributed by atoms with Crippen LogP contribution < -0.4 is 5.73 Å². The Morgan fingerprint density at radius 2 is 2.17 bits per heavy atom. The molecule has 2 heterocycles. The van der Waals surface area contributed by atoms with Crippen LogP contribution in [0.15, 0.2) is 23.4 Å². The molecule has 2 rings (SSSR count). The van der Waals surface area contributed by atoms with Crippen LogP contribution in [0.2, 0.25) is 0 Å². The minimum absolute atomic E-state index is 0.421. The van der Waals surface area contributed by atoms with E-state index in [4.69, 9.17) is 5.73 Å². The van der Waals surface area contributed by atoms with Crippen LogP contribution in [-0.2, 0) is 18.8 Å². The van der Waals surface area contributed by atoms with Crippen molar-refractivity contribution in [3.63, 3.8) is 0 Å². The molecule has 0 aliphatic rings. The fraction of sp³-hybridized carbons (Fsp3) is 0.417. The lowest BCUT2D eigenvalue weighted by molar-refractivity contribution is 0.643. The summed E-state index contributed by atoms with van der Waals surface area (Å²) < 4.78 is 2.04. The Morgan fingerprint density at radius 3 is 2.83 bits per heavy atom. The van der Waals surface area contributed by atoms with E-state index in [9.17, 15) is 0 Å². The van der Waals surface area contributed by atoms with Crippen molar-refractivity contribution < 1.29 is 0 Å². The molecule has 5 nitrogen and oxygen atoms in total. The van der Waals surface area contributed by atoms with Crippen molar-refractivity contribution in [1.82, 2.24) is 19.7 Å². The zero-order valence-corrected chi connectivity index (χ0v) is 11.4.